The highest BCUT2D eigenvalue weighted by Crippen LogP contribution is 2.32. The zero-order chi connectivity index (χ0) is 17.2. The van der Waals surface area contributed by atoms with Crippen LogP contribution in [-0.4, -0.2) is 16.7 Å². The third-order valence-corrected chi connectivity index (χ3v) is 4.17. The minimum atomic E-state index is -0.353. The van der Waals surface area contributed by atoms with Crippen LogP contribution in [0.5, 0.6) is 5.75 Å². The van der Waals surface area contributed by atoms with Gasteiger partial charge in [-0.25, -0.2) is 9.78 Å². The van der Waals surface area contributed by atoms with E-state index in [1.165, 1.54) is 0 Å². The monoisotopic (exact) mass is 332 g/mol. The lowest BCUT2D eigenvalue weighted by atomic mass is 9.97. The summed E-state index contributed by atoms with van der Waals surface area (Å²) in [5.74, 6) is 0.650. The van der Waals surface area contributed by atoms with Crippen LogP contribution < -0.4 is 10.4 Å². The van der Waals surface area contributed by atoms with Crippen molar-refractivity contribution in [1.82, 2.24) is 9.55 Å². The fraction of sp³-hybridized carbons (Fsp3) is 0.100. The number of hydrogen-bond donors (Lipinski definition) is 0. The Morgan fingerprint density at radius 3 is 2.72 bits per heavy atom. The van der Waals surface area contributed by atoms with Crippen LogP contribution in [0.15, 0.2) is 76.5 Å². The van der Waals surface area contributed by atoms with Crippen LogP contribution in [0.25, 0.3) is 22.1 Å². The van der Waals surface area contributed by atoms with Crippen LogP contribution in [0.4, 0.5) is 0 Å². The first kappa shape index (κ1) is 15.2. The lowest BCUT2D eigenvalue weighted by Crippen LogP contribution is -2.13. The van der Waals surface area contributed by atoms with Crippen molar-refractivity contribution in [2.24, 2.45) is 0 Å². The molecule has 0 aliphatic heterocycles. The molecule has 0 spiro atoms. The normalized spacial score (nSPS) is 10.9. The van der Waals surface area contributed by atoms with E-state index in [-0.39, 0.29) is 5.63 Å². The molecule has 2 aromatic carbocycles. The Balaban J connectivity index is 2.02. The van der Waals surface area contributed by atoms with Crippen LogP contribution in [-0.2, 0) is 6.54 Å². The summed E-state index contributed by atoms with van der Waals surface area (Å²) in [6.45, 7) is 0.397. The lowest BCUT2D eigenvalue weighted by molar-refractivity contribution is 0.414. The second-order valence-electron chi connectivity index (χ2n) is 5.71. The highest BCUT2D eigenvalue weighted by molar-refractivity contribution is 5.95. The van der Waals surface area contributed by atoms with Crippen molar-refractivity contribution in [1.29, 1.82) is 0 Å². The number of methoxy groups -OCH3 is 1. The van der Waals surface area contributed by atoms with Crippen molar-refractivity contribution in [3.63, 3.8) is 0 Å². The van der Waals surface area contributed by atoms with E-state index < -0.39 is 0 Å². The van der Waals surface area contributed by atoms with E-state index in [2.05, 4.69) is 4.98 Å². The summed E-state index contributed by atoms with van der Waals surface area (Å²) in [6.07, 6.45) is 5.20. The van der Waals surface area contributed by atoms with Gasteiger partial charge in [-0.15, -0.1) is 0 Å². The Hall–Kier alpha value is -3.34. The number of nitrogens with zero attached hydrogens (tertiary/aromatic N) is 2. The summed E-state index contributed by atoms with van der Waals surface area (Å²) < 4.78 is 12.7. The van der Waals surface area contributed by atoms with Gasteiger partial charge < -0.3 is 13.7 Å². The summed E-state index contributed by atoms with van der Waals surface area (Å²) in [4.78, 5) is 16.8. The van der Waals surface area contributed by atoms with E-state index in [1.54, 1.807) is 25.7 Å². The molecule has 0 amide bonds. The lowest BCUT2D eigenvalue weighted by Gasteiger charge is -2.13. The van der Waals surface area contributed by atoms with Crippen molar-refractivity contribution < 1.29 is 9.15 Å². The standard InChI is InChI=1S/C20H16N2O3/c1-24-15-7-8-16-18(11-15)25-20(23)17(12-22-10-9-21-13-22)19(16)14-5-3-2-4-6-14/h2-11,13H,12H2,1H3. The zero-order valence-corrected chi connectivity index (χ0v) is 13.7. The van der Waals surface area contributed by atoms with Gasteiger partial charge in [0.15, 0.2) is 0 Å². The van der Waals surface area contributed by atoms with Crippen molar-refractivity contribution >= 4 is 11.0 Å². The van der Waals surface area contributed by atoms with Gasteiger partial charge in [0, 0.05) is 29.4 Å². The number of fused-ring (bicyclic) bond motifs is 1. The van der Waals surface area contributed by atoms with E-state index >= 15 is 0 Å². The molecule has 2 aromatic heterocycles. The van der Waals surface area contributed by atoms with E-state index in [9.17, 15) is 4.79 Å². The molecule has 4 rings (SSSR count). The Morgan fingerprint density at radius 2 is 2.00 bits per heavy atom. The Labute approximate surface area is 144 Å². The molecule has 0 saturated carbocycles. The number of hydrogen-bond acceptors (Lipinski definition) is 4. The predicted octanol–water partition coefficient (Wildman–Crippen LogP) is 3.71. The second kappa shape index (κ2) is 6.28. The van der Waals surface area contributed by atoms with Crippen LogP contribution in [0, 0.1) is 0 Å². The molecule has 5 heteroatoms. The van der Waals surface area contributed by atoms with E-state index in [0.717, 1.165) is 16.5 Å². The van der Waals surface area contributed by atoms with Gasteiger partial charge in [0.05, 0.1) is 25.5 Å². The fourth-order valence-corrected chi connectivity index (χ4v) is 2.99. The van der Waals surface area contributed by atoms with E-state index in [0.29, 0.717) is 23.4 Å². The molecular weight excluding hydrogens is 316 g/mol. The molecule has 0 aliphatic carbocycles. The van der Waals surface area contributed by atoms with Crippen molar-refractivity contribution in [3.8, 4) is 16.9 Å². The number of ether oxygens (including phenoxy) is 1. The molecule has 0 atom stereocenters. The average molecular weight is 332 g/mol. The van der Waals surface area contributed by atoms with Crippen molar-refractivity contribution in [2.45, 2.75) is 6.54 Å². The third kappa shape index (κ3) is 2.80. The number of benzene rings is 2. The maximum atomic E-state index is 12.7. The molecule has 5 nitrogen and oxygen atoms in total. The summed E-state index contributed by atoms with van der Waals surface area (Å²) >= 11 is 0. The smallest absolute Gasteiger partial charge is 0.341 e. The van der Waals surface area contributed by atoms with Gasteiger partial charge in [0.1, 0.15) is 11.3 Å². The first-order chi connectivity index (χ1) is 12.3. The average Bonchev–Trinajstić information content (AvgIpc) is 3.16. The van der Waals surface area contributed by atoms with Crippen LogP contribution >= 0.6 is 0 Å². The van der Waals surface area contributed by atoms with Crippen LogP contribution in [0.1, 0.15) is 5.56 Å². The molecule has 124 valence electrons. The summed E-state index contributed by atoms with van der Waals surface area (Å²) in [5, 5.41) is 0.877. The Bertz CT molecular complexity index is 1070. The Kier molecular flexibility index (Phi) is 3.82. The highest BCUT2D eigenvalue weighted by atomic mass is 16.5. The highest BCUT2D eigenvalue weighted by Gasteiger charge is 2.17. The molecular formula is C20H16N2O3. The van der Waals surface area contributed by atoms with E-state index in [4.69, 9.17) is 9.15 Å². The van der Waals surface area contributed by atoms with E-state index in [1.807, 2.05) is 53.2 Å². The maximum absolute atomic E-state index is 12.7. The maximum Gasteiger partial charge on any atom is 0.341 e. The van der Waals surface area contributed by atoms with Gasteiger partial charge in [0.25, 0.3) is 0 Å². The van der Waals surface area contributed by atoms with Gasteiger partial charge in [-0.1, -0.05) is 30.3 Å². The molecule has 0 saturated heterocycles. The molecule has 0 bridgehead atoms. The molecule has 0 unspecified atom stereocenters. The minimum Gasteiger partial charge on any atom is -0.497 e. The Morgan fingerprint density at radius 1 is 1.16 bits per heavy atom. The third-order valence-electron chi connectivity index (χ3n) is 4.17. The fourth-order valence-electron chi connectivity index (χ4n) is 2.99. The zero-order valence-electron chi connectivity index (χ0n) is 13.7. The van der Waals surface area contributed by atoms with Crippen LogP contribution in [0.3, 0.4) is 0 Å². The summed E-state index contributed by atoms with van der Waals surface area (Å²) in [5.41, 5.74) is 2.61. The van der Waals surface area contributed by atoms with Gasteiger partial charge >= 0.3 is 5.63 Å². The van der Waals surface area contributed by atoms with Crippen molar-refractivity contribution in [2.75, 3.05) is 7.11 Å². The molecule has 0 aliphatic rings. The number of rotatable bonds is 4. The van der Waals surface area contributed by atoms with Gasteiger partial charge in [0.2, 0.25) is 0 Å². The molecule has 2 heterocycles. The molecule has 25 heavy (non-hydrogen) atoms. The molecule has 0 fully saturated rings. The largest absolute Gasteiger partial charge is 0.497 e. The van der Waals surface area contributed by atoms with Crippen molar-refractivity contribution in [3.05, 3.63) is 83.2 Å². The minimum absolute atomic E-state index is 0.353. The molecule has 0 N–H and O–H groups in total. The molecule has 0 radical (unpaired) electrons. The first-order valence-electron chi connectivity index (χ1n) is 7.91. The number of aromatic nitrogens is 2. The second-order valence-corrected chi connectivity index (χ2v) is 5.71. The SMILES string of the molecule is COc1ccc2c(-c3ccccc3)c(Cn3ccnc3)c(=O)oc2c1. The van der Waals surface area contributed by atoms with Gasteiger partial charge in [-0.2, -0.15) is 0 Å². The summed E-state index contributed by atoms with van der Waals surface area (Å²) in [7, 11) is 1.59. The van der Waals surface area contributed by atoms with Gasteiger partial charge in [-0.3, -0.25) is 0 Å². The predicted molar refractivity (Wildman–Crippen MR) is 95.8 cm³/mol. The first-order valence-corrected chi connectivity index (χ1v) is 7.91. The topological polar surface area (TPSA) is 57.3 Å². The summed E-state index contributed by atoms with van der Waals surface area (Å²) in [6, 6.07) is 15.4. The van der Waals surface area contributed by atoms with Crippen LogP contribution in [0.2, 0.25) is 0 Å². The quantitative estimate of drug-likeness (QED) is 0.535. The number of imidazole rings is 1. The van der Waals surface area contributed by atoms with Gasteiger partial charge in [-0.05, 0) is 17.7 Å². The molecule has 4 aromatic rings.